The number of aliphatic imine (C=N–C) groups is 1. The van der Waals surface area contributed by atoms with Crippen LogP contribution in [-0.2, 0) is 11.2 Å². The van der Waals surface area contributed by atoms with Crippen LogP contribution < -0.4 is 0 Å². The van der Waals surface area contributed by atoms with Gasteiger partial charge in [0.1, 0.15) is 6.17 Å². The largest absolute Gasteiger partial charge is 0.321 e. The molecule has 1 saturated heterocycles. The number of carbonyl (C=O) groups is 1. The number of hydrogen-bond acceptors (Lipinski definition) is 3. The maximum absolute atomic E-state index is 12.8. The highest BCUT2D eigenvalue weighted by Crippen LogP contribution is 2.36. The third kappa shape index (κ3) is 3.81. The zero-order valence-corrected chi connectivity index (χ0v) is 17.1. The Bertz CT molecular complexity index is 974. The summed E-state index contributed by atoms with van der Waals surface area (Å²) in [6.07, 6.45) is 6.65. The van der Waals surface area contributed by atoms with E-state index in [9.17, 15) is 4.79 Å². The number of rotatable bonds is 6. The smallest absolute Gasteiger partial charge is 0.238 e. The van der Waals surface area contributed by atoms with E-state index in [2.05, 4.69) is 78.0 Å². The van der Waals surface area contributed by atoms with E-state index in [1.807, 2.05) is 24.2 Å². The lowest BCUT2D eigenvalue weighted by atomic mass is 9.90. The molecule has 0 aromatic heterocycles. The van der Waals surface area contributed by atoms with Gasteiger partial charge in [-0.1, -0.05) is 67.3 Å². The summed E-state index contributed by atoms with van der Waals surface area (Å²) in [7, 11) is 2.03. The van der Waals surface area contributed by atoms with Gasteiger partial charge in [-0.2, -0.15) is 0 Å². The number of hydrogen-bond donors (Lipinski definition) is 0. The van der Waals surface area contributed by atoms with E-state index in [0.717, 1.165) is 17.7 Å². The van der Waals surface area contributed by atoms with Crippen LogP contribution in [-0.4, -0.2) is 41.6 Å². The maximum Gasteiger partial charge on any atom is 0.238 e. The van der Waals surface area contributed by atoms with E-state index in [-0.39, 0.29) is 18.0 Å². The minimum Gasteiger partial charge on any atom is -0.321 e. The maximum atomic E-state index is 12.8. The normalized spacial score (nSPS) is 21.7. The van der Waals surface area contributed by atoms with Gasteiger partial charge in [0, 0.05) is 24.4 Å². The molecule has 148 valence electrons. The number of carbonyl (C=O) groups excluding carboxylic acids is 1. The fraction of sp³-hybridized carbons (Fsp3) is 0.280. The molecule has 1 amide bonds. The van der Waals surface area contributed by atoms with Gasteiger partial charge in [-0.15, -0.1) is 0 Å². The average molecular weight is 386 g/mol. The van der Waals surface area contributed by atoms with Crippen LogP contribution in [0.15, 0.2) is 72.4 Å². The summed E-state index contributed by atoms with van der Waals surface area (Å²) in [6.45, 7) is 7.02. The number of benzene rings is 2. The van der Waals surface area contributed by atoms with E-state index in [4.69, 9.17) is 0 Å². The molecule has 1 fully saturated rings. The first kappa shape index (κ1) is 19.3. The molecule has 0 spiro atoms. The van der Waals surface area contributed by atoms with Crippen LogP contribution in [0.4, 0.5) is 0 Å². The molecule has 0 radical (unpaired) electrons. The van der Waals surface area contributed by atoms with Crippen LogP contribution in [0.25, 0.3) is 6.08 Å². The topological polar surface area (TPSA) is 35.9 Å². The van der Waals surface area contributed by atoms with Gasteiger partial charge in [-0.05, 0) is 42.6 Å². The Morgan fingerprint density at radius 3 is 2.52 bits per heavy atom. The second-order valence-corrected chi connectivity index (χ2v) is 7.79. The highest BCUT2D eigenvalue weighted by atomic mass is 16.2. The van der Waals surface area contributed by atoms with Crippen molar-refractivity contribution in [2.45, 2.75) is 25.4 Å². The third-order valence-corrected chi connectivity index (χ3v) is 5.89. The van der Waals surface area contributed by atoms with E-state index in [1.54, 1.807) is 0 Å². The number of amides is 1. The summed E-state index contributed by atoms with van der Waals surface area (Å²) in [5, 5.41) is 0. The lowest BCUT2D eigenvalue weighted by Crippen LogP contribution is -2.33. The standard InChI is InChI=1S/C25H27N3O/c1-4-19-9-11-20(12-10-19)14-16-28-24(29)17-27(3)25(28)23-8-6-5-7-22(23)21-13-15-26-18(21)2/h4-13,15,21,25H,1,14,16-17H2,2-3H3. The van der Waals surface area contributed by atoms with E-state index in [1.165, 1.54) is 16.7 Å². The summed E-state index contributed by atoms with van der Waals surface area (Å²) < 4.78 is 0. The number of nitrogens with zero attached hydrogens (tertiary/aromatic N) is 3. The first-order chi connectivity index (χ1) is 14.1. The quantitative estimate of drug-likeness (QED) is 0.738. The molecular weight excluding hydrogens is 358 g/mol. The van der Waals surface area contributed by atoms with Gasteiger partial charge in [0.05, 0.1) is 6.54 Å². The van der Waals surface area contributed by atoms with Crippen LogP contribution in [0.2, 0.25) is 0 Å². The lowest BCUT2D eigenvalue weighted by molar-refractivity contribution is -0.128. The zero-order valence-electron chi connectivity index (χ0n) is 17.1. The van der Waals surface area contributed by atoms with Gasteiger partial charge in [0.2, 0.25) is 5.91 Å². The van der Waals surface area contributed by atoms with Gasteiger partial charge in [0.15, 0.2) is 0 Å². The average Bonchev–Trinajstić information content (AvgIpc) is 3.28. The lowest BCUT2D eigenvalue weighted by Gasteiger charge is -2.31. The van der Waals surface area contributed by atoms with Crippen molar-refractivity contribution in [3.8, 4) is 0 Å². The Hall–Kier alpha value is -2.98. The second-order valence-electron chi connectivity index (χ2n) is 7.79. The summed E-state index contributed by atoms with van der Waals surface area (Å²) in [5.74, 6) is 0.367. The van der Waals surface area contributed by atoms with Gasteiger partial charge in [-0.25, -0.2) is 0 Å². The van der Waals surface area contributed by atoms with Gasteiger partial charge in [0.25, 0.3) is 0 Å². The molecule has 2 aliphatic rings. The van der Waals surface area contributed by atoms with Crippen molar-refractivity contribution < 1.29 is 4.79 Å². The van der Waals surface area contributed by atoms with Crippen molar-refractivity contribution in [2.24, 2.45) is 4.99 Å². The van der Waals surface area contributed by atoms with E-state index < -0.39 is 0 Å². The summed E-state index contributed by atoms with van der Waals surface area (Å²) in [4.78, 5) is 21.4. The molecule has 4 heteroatoms. The highest BCUT2D eigenvalue weighted by Gasteiger charge is 2.38. The van der Waals surface area contributed by atoms with Crippen molar-refractivity contribution in [1.29, 1.82) is 0 Å². The molecule has 4 rings (SSSR count). The monoisotopic (exact) mass is 385 g/mol. The first-order valence-corrected chi connectivity index (χ1v) is 10.1. The van der Waals surface area contributed by atoms with Crippen molar-refractivity contribution >= 4 is 17.7 Å². The third-order valence-electron chi connectivity index (χ3n) is 5.89. The first-order valence-electron chi connectivity index (χ1n) is 10.1. The number of likely N-dealkylation sites (N-methyl/N-ethyl adjacent to an activating group) is 1. The summed E-state index contributed by atoms with van der Waals surface area (Å²) in [6, 6.07) is 16.8. The van der Waals surface area contributed by atoms with Gasteiger partial charge >= 0.3 is 0 Å². The van der Waals surface area contributed by atoms with Crippen molar-refractivity contribution in [2.75, 3.05) is 20.1 Å². The van der Waals surface area contributed by atoms with E-state index in [0.29, 0.717) is 13.1 Å². The summed E-state index contributed by atoms with van der Waals surface area (Å²) >= 11 is 0. The van der Waals surface area contributed by atoms with Crippen LogP contribution in [0.3, 0.4) is 0 Å². The molecule has 0 N–H and O–H groups in total. The SMILES string of the molecule is C=Cc1ccc(CCN2C(=O)CN(C)C2c2ccccc2C2C=CN=C2C)cc1. The summed E-state index contributed by atoms with van der Waals surface area (Å²) in [5.41, 5.74) is 5.85. The minimum atomic E-state index is -0.0482. The van der Waals surface area contributed by atoms with Gasteiger partial charge in [-0.3, -0.25) is 14.7 Å². The highest BCUT2D eigenvalue weighted by molar-refractivity contribution is 5.93. The van der Waals surface area contributed by atoms with E-state index >= 15 is 0 Å². The fourth-order valence-corrected chi connectivity index (χ4v) is 4.31. The molecule has 2 heterocycles. The van der Waals surface area contributed by atoms with Crippen LogP contribution in [0.1, 0.15) is 41.3 Å². The molecule has 0 aliphatic carbocycles. The Balaban J connectivity index is 1.60. The van der Waals surface area contributed by atoms with Crippen LogP contribution in [0.5, 0.6) is 0 Å². The van der Waals surface area contributed by atoms with Crippen molar-refractivity contribution in [1.82, 2.24) is 9.80 Å². The van der Waals surface area contributed by atoms with Crippen molar-refractivity contribution in [3.05, 3.63) is 89.6 Å². The predicted molar refractivity (Wildman–Crippen MR) is 119 cm³/mol. The zero-order chi connectivity index (χ0) is 20.4. The molecule has 4 nitrogen and oxygen atoms in total. The van der Waals surface area contributed by atoms with Gasteiger partial charge < -0.3 is 4.90 Å². The fourth-order valence-electron chi connectivity index (χ4n) is 4.31. The molecule has 2 aliphatic heterocycles. The Labute approximate surface area is 172 Å². The number of allylic oxidation sites excluding steroid dienone is 1. The Morgan fingerprint density at radius 2 is 1.86 bits per heavy atom. The molecule has 29 heavy (non-hydrogen) atoms. The van der Waals surface area contributed by atoms with Crippen LogP contribution in [0, 0.1) is 0 Å². The second kappa shape index (κ2) is 8.18. The molecule has 2 unspecified atom stereocenters. The Kier molecular flexibility index (Phi) is 5.45. The molecule has 2 aromatic carbocycles. The Morgan fingerprint density at radius 1 is 1.14 bits per heavy atom. The van der Waals surface area contributed by atoms with Crippen LogP contribution >= 0.6 is 0 Å². The molecule has 0 bridgehead atoms. The predicted octanol–water partition coefficient (Wildman–Crippen LogP) is 4.42. The minimum absolute atomic E-state index is 0.0482. The molecular formula is C25H27N3O. The molecule has 0 saturated carbocycles. The van der Waals surface area contributed by atoms with Crippen molar-refractivity contribution in [3.63, 3.8) is 0 Å². The molecule has 2 aromatic rings. The molecule has 2 atom stereocenters.